The van der Waals surface area contributed by atoms with E-state index in [0.717, 1.165) is 22.0 Å². The maximum absolute atomic E-state index is 12.2. The largest absolute Gasteiger partial charge is 0.506 e. The highest BCUT2D eigenvalue weighted by atomic mass is 127. The van der Waals surface area contributed by atoms with Crippen molar-refractivity contribution in [1.82, 2.24) is 5.32 Å². The van der Waals surface area contributed by atoms with E-state index in [9.17, 15) is 9.90 Å². The number of aromatic hydroxyl groups is 1. The van der Waals surface area contributed by atoms with Crippen molar-refractivity contribution < 1.29 is 19.4 Å². The first-order chi connectivity index (χ1) is 13.3. The van der Waals surface area contributed by atoms with Gasteiger partial charge in [-0.15, -0.1) is 0 Å². The second-order valence-electron chi connectivity index (χ2n) is 6.47. The quantitative estimate of drug-likeness (QED) is 0.287. The lowest BCUT2D eigenvalue weighted by Gasteiger charge is -2.28. The number of carbonyl (C=O) groups is 1. The molecule has 0 saturated heterocycles. The smallest absolute Gasteiger partial charge is 0.323 e. The Kier molecular flexibility index (Phi) is 9.81. The van der Waals surface area contributed by atoms with E-state index in [0.29, 0.717) is 19.6 Å². The average Bonchev–Trinajstić information content (AvgIpc) is 2.62. The number of nitrogens with one attached hydrogen (secondary N) is 1. The minimum absolute atomic E-state index is 0.0966. The Morgan fingerprint density at radius 2 is 1.89 bits per heavy atom. The highest BCUT2D eigenvalue weighted by Crippen LogP contribution is 2.36. The molecule has 0 fully saturated rings. The molecule has 0 aromatic heterocycles. The van der Waals surface area contributed by atoms with Gasteiger partial charge < -0.3 is 19.9 Å². The molecular weight excluding hydrogens is 699 g/mol. The van der Waals surface area contributed by atoms with Crippen LogP contribution in [0.3, 0.4) is 0 Å². The predicted molar refractivity (Wildman–Crippen MR) is 136 cm³/mol. The molecule has 0 heterocycles. The van der Waals surface area contributed by atoms with Gasteiger partial charge in [-0.25, -0.2) is 0 Å². The third kappa shape index (κ3) is 6.46. The number of benzene rings is 1. The Balaban J connectivity index is 2.13. The van der Waals surface area contributed by atoms with E-state index >= 15 is 0 Å². The molecule has 0 aliphatic heterocycles. The van der Waals surface area contributed by atoms with Crippen molar-refractivity contribution in [2.45, 2.75) is 39.3 Å². The molecular formula is C20H24I3NO4. The van der Waals surface area contributed by atoms with E-state index in [-0.39, 0.29) is 29.8 Å². The van der Waals surface area contributed by atoms with Crippen LogP contribution in [0.15, 0.2) is 33.4 Å². The Morgan fingerprint density at radius 3 is 2.43 bits per heavy atom. The number of hydrogen-bond acceptors (Lipinski definition) is 5. The van der Waals surface area contributed by atoms with Gasteiger partial charge in [-0.3, -0.25) is 4.79 Å². The van der Waals surface area contributed by atoms with Gasteiger partial charge in [-0.2, -0.15) is 0 Å². The van der Waals surface area contributed by atoms with Gasteiger partial charge in [-0.1, -0.05) is 19.9 Å². The van der Waals surface area contributed by atoms with Crippen molar-refractivity contribution in [3.8, 4) is 11.5 Å². The molecule has 28 heavy (non-hydrogen) atoms. The zero-order valence-corrected chi connectivity index (χ0v) is 22.4. The summed E-state index contributed by atoms with van der Waals surface area (Å²) in [6.07, 6.45) is 4.74. The molecule has 3 atom stereocenters. The molecule has 0 bridgehead atoms. The number of esters is 1. The van der Waals surface area contributed by atoms with E-state index < -0.39 is 0 Å². The fourth-order valence-electron chi connectivity index (χ4n) is 2.99. The van der Waals surface area contributed by atoms with E-state index in [4.69, 9.17) is 9.47 Å². The predicted octanol–water partition coefficient (Wildman–Crippen LogP) is 5.18. The molecule has 1 aromatic rings. The summed E-state index contributed by atoms with van der Waals surface area (Å²) in [7, 11) is 0. The highest BCUT2D eigenvalue weighted by Gasteiger charge is 2.28. The first kappa shape index (κ1) is 24.2. The minimum atomic E-state index is -0.346. The van der Waals surface area contributed by atoms with Crippen LogP contribution in [0.4, 0.5) is 0 Å². The Hall–Kier alpha value is -0.0800. The molecule has 2 rings (SSSR count). The first-order valence-corrected chi connectivity index (χ1v) is 12.3. The van der Waals surface area contributed by atoms with E-state index in [1.807, 2.05) is 26.0 Å². The van der Waals surface area contributed by atoms with Crippen molar-refractivity contribution in [2.24, 2.45) is 5.92 Å². The van der Waals surface area contributed by atoms with Crippen molar-refractivity contribution in [3.05, 3.63) is 40.6 Å². The van der Waals surface area contributed by atoms with Gasteiger partial charge >= 0.3 is 5.97 Å². The molecule has 2 N–H and O–H groups in total. The number of halogens is 3. The van der Waals surface area contributed by atoms with Crippen molar-refractivity contribution in [1.29, 1.82) is 0 Å². The standard InChI is InChI=1S/C20H24I3NO4/c1-4-24-17(20(26)27-5-2)8-12-6-11(3)19(16(23)7-12)28-13-9-14(21)18(25)15(22)10-13/h6-7,9-11,17,19,24-25H,4-5,8H2,1-3H3. The van der Waals surface area contributed by atoms with Crippen LogP contribution in [0.25, 0.3) is 0 Å². The summed E-state index contributed by atoms with van der Waals surface area (Å²) in [5, 5.41) is 13.2. The van der Waals surface area contributed by atoms with E-state index in [1.54, 1.807) is 0 Å². The monoisotopic (exact) mass is 723 g/mol. The van der Waals surface area contributed by atoms with Crippen LogP contribution in [0.2, 0.25) is 0 Å². The number of likely N-dealkylation sites (N-methyl/N-ethyl adjacent to an activating group) is 1. The maximum atomic E-state index is 12.2. The zero-order chi connectivity index (χ0) is 20.8. The summed E-state index contributed by atoms with van der Waals surface area (Å²) in [6.45, 7) is 6.99. The number of phenolic OH excluding ortho intramolecular Hbond substituents is 1. The highest BCUT2D eigenvalue weighted by molar-refractivity contribution is 14.1. The van der Waals surface area contributed by atoms with Crippen molar-refractivity contribution in [3.63, 3.8) is 0 Å². The van der Waals surface area contributed by atoms with Crippen LogP contribution in [-0.2, 0) is 9.53 Å². The average molecular weight is 723 g/mol. The minimum Gasteiger partial charge on any atom is -0.506 e. The summed E-state index contributed by atoms with van der Waals surface area (Å²) in [5.41, 5.74) is 1.10. The van der Waals surface area contributed by atoms with E-state index in [2.05, 4.69) is 92.2 Å². The summed E-state index contributed by atoms with van der Waals surface area (Å²) in [6, 6.07) is 3.34. The first-order valence-electron chi connectivity index (χ1n) is 9.09. The molecule has 0 spiro atoms. The molecule has 1 aliphatic carbocycles. The zero-order valence-electron chi connectivity index (χ0n) is 16.0. The van der Waals surface area contributed by atoms with Gasteiger partial charge in [0.25, 0.3) is 0 Å². The lowest BCUT2D eigenvalue weighted by molar-refractivity contribution is -0.145. The van der Waals surface area contributed by atoms with Crippen LogP contribution in [0.5, 0.6) is 11.5 Å². The fourth-order valence-corrected chi connectivity index (χ4v) is 5.80. The second kappa shape index (κ2) is 11.3. The number of allylic oxidation sites excluding steroid dienone is 1. The van der Waals surface area contributed by atoms with Gasteiger partial charge in [0.05, 0.1) is 13.7 Å². The lowest BCUT2D eigenvalue weighted by atomic mass is 9.91. The van der Waals surface area contributed by atoms with Gasteiger partial charge in [-0.05, 0) is 111 Å². The van der Waals surface area contributed by atoms with E-state index in [1.165, 1.54) is 0 Å². The Labute approximate surface area is 207 Å². The SMILES string of the molecule is CCNC(CC1=CC(C)C(Oc2cc(I)c(O)c(I)c2)C(I)=C1)C(=O)OCC. The molecule has 0 radical (unpaired) electrons. The third-order valence-corrected chi connectivity index (χ3v) is 6.83. The van der Waals surface area contributed by atoms with Crippen LogP contribution >= 0.6 is 67.8 Å². The molecule has 1 aromatic carbocycles. The maximum Gasteiger partial charge on any atom is 0.323 e. The number of rotatable bonds is 8. The van der Waals surface area contributed by atoms with Gasteiger partial charge in [0.2, 0.25) is 0 Å². The Morgan fingerprint density at radius 1 is 1.25 bits per heavy atom. The summed E-state index contributed by atoms with van der Waals surface area (Å²) in [5.74, 6) is 0.958. The number of ether oxygens (including phenoxy) is 2. The molecule has 8 heteroatoms. The Bertz CT molecular complexity index is 756. The van der Waals surface area contributed by atoms with Crippen LogP contribution in [-0.4, -0.2) is 36.4 Å². The van der Waals surface area contributed by atoms with Gasteiger partial charge in [0.1, 0.15) is 23.6 Å². The number of carbonyl (C=O) groups excluding carboxylic acids is 1. The molecule has 5 nitrogen and oxygen atoms in total. The van der Waals surface area contributed by atoms with Crippen LogP contribution in [0.1, 0.15) is 27.2 Å². The van der Waals surface area contributed by atoms with Crippen molar-refractivity contribution in [2.75, 3.05) is 13.2 Å². The molecule has 3 unspecified atom stereocenters. The molecule has 154 valence electrons. The molecule has 1 aliphatic rings. The fraction of sp³-hybridized carbons (Fsp3) is 0.450. The molecule has 0 amide bonds. The summed E-state index contributed by atoms with van der Waals surface area (Å²) >= 11 is 6.51. The topological polar surface area (TPSA) is 67.8 Å². The number of phenols is 1. The molecule has 0 saturated carbocycles. The number of hydrogen-bond donors (Lipinski definition) is 2. The van der Waals surface area contributed by atoms with Crippen LogP contribution < -0.4 is 10.1 Å². The second-order valence-corrected chi connectivity index (χ2v) is 10.0. The lowest BCUT2D eigenvalue weighted by Crippen LogP contribution is -2.38. The normalized spacial score (nSPS) is 20.2. The van der Waals surface area contributed by atoms with Gasteiger partial charge in [0.15, 0.2) is 0 Å². The van der Waals surface area contributed by atoms with Crippen LogP contribution in [0, 0.1) is 13.1 Å². The summed E-state index contributed by atoms with van der Waals surface area (Å²) < 4.78 is 14.0. The van der Waals surface area contributed by atoms with Gasteiger partial charge in [0, 0.05) is 9.50 Å². The van der Waals surface area contributed by atoms with Crippen molar-refractivity contribution >= 4 is 73.7 Å². The third-order valence-electron chi connectivity index (χ3n) is 4.26. The summed E-state index contributed by atoms with van der Waals surface area (Å²) in [4.78, 5) is 12.2.